The smallest absolute Gasteiger partial charge is 0.225 e. The van der Waals surface area contributed by atoms with E-state index in [1.54, 1.807) is 12.4 Å². The molecule has 0 aliphatic heterocycles. The molecule has 0 unspecified atom stereocenters. The molecule has 7 nitrogen and oxygen atoms in total. The number of aromatic amines is 1. The maximum Gasteiger partial charge on any atom is 0.225 e. The number of hydrogen-bond donors (Lipinski definition) is 2. The van der Waals surface area contributed by atoms with E-state index in [-0.39, 0.29) is 0 Å². The van der Waals surface area contributed by atoms with E-state index >= 15 is 0 Å². The molecule has 104 valence electrons. The van der Waals surface area contributed by atoms with Gasteiger partial charge in [0.2, 0.25) is 5.95 Å². The van der Waals surface area contributed by atoms with E-state index in [0.29, 0.717) is 11.6 Å². The average Bonchev–Trinajstić information content (AvgIpc) is 3.14. The summed E-state index contributed by atoms with van der Waals surface area (Å²) >= 11 is 0. The predicted molar refractivity (Wildman–Crippen MR) is 80.0 cm³/mol. The minimum Gasteiger partial charge on any atom is -0.354 e. The SMILES string of the molecule is CCNc1nc(-c2cccc3nccn23)c2cn[nH]c2n1. The fraction of sp³-hybridized carbons (Fsp3) is 0.143. The molecule has 0 aromatic carbocycles. The molecule has 0 saturated heterocycles. The lowest BCUT2D eigenvalue weighted by Gasteiger charge is -2.08. The van der Waals surface area contributed by atoms with Gasteiger partial charge in [-0.1, -0.05) is 6.07 Å². The van der Waals surface area contributed by atoms with E-state index in [9.17, 15) is 0 Å². The summed E-state index contributed by atoms with van der Waals surface area (Å²) in [6.07, 6.45) is 5.44. The lowest BCUT2D eigenvalue weighted by molar-refractivity contribution is 1.06. The molecule has 0 atom stereocenters. The highest BCUT2D eigenvalue weighted by molar-refractivity contribution is 5.90. The molecule has 0 radical (unpaired) electrons. The Morgan fingerprint density at radius 2 is 2.24 bits per heavy atom. The quantitative estimate of drug-likeness (QED) is 0.600. The molecule has 7 heteroatoms. The second-order valence-corrected chi connectivity index (χ2v) is 4.62. The maximum atomic E-state index is 4.63. The van der Waals surface area contributed by atoms with Gasteiger partial charge in [0.05, 0.1) is 17.3 Å². The van der Waals surface area contributed by atoms with Crippen molar-refractivity contribution in [3.8, 4) is 11.4 Å². The molecule has 4 rings (SSSR count). The van der Waals surface area contributed by atoms with Gasteiger partial charge in [0.25, 0.3) is 0 Å². The Balaban J connectivity index is 2.04. The number of nitrogens with one attached hydrogen (secondary N) is 2. The first kappa shape index (κ1) is 11.8. The van der Waals surface area contributed by atoms with Gasteiger partial charge in [0, 0.05) is 18.9 Å². The van der Waals surface area contributed by atoms with Crippen LogP contribution in [0, 0.1) is 0 Å². The maximum absolute atomic E-state index is 4.63. The van der Waals surface area contributed by atoms with Crippen molar-refractivity contribution in [3.63, 3.8) is 0 Å². The second kappa shape index (κ2) is 4.55. The van der Waals surface area contributed by atoms with Gasteiger partial charge >= 0.3 is 0 Å². The van der Waals surface area contributed by atoms with Crippen LogP contribution in [0.3, 0.4) is 0 Å². The first-order chi connectivity index (χ1) is 10.4. The summed E-state index contributed by atoms with van der Waals surface area (Å²) in [7, 11) is 0. The second-order valence-electron chi connectivity index (χ2n) is 4.62. The Kier molecular flexibility index (Phi) is 2.56. The molecular formula is C14H13N7. The molecule has 0 fully saturated rings. The van der Waals surface area contributed by atoms with E-state index in [2.05, 4.69) is 30.5 Å². The molecule has 0 bridgehead atoms. The zero-order valence-electron chi connectivity index (χ0n) is 11.4. The Hall–Kier alpha value is -2.96. The summed E-state index contributed by atoms with van der Waals surface area (Å²) in [6, 6.07) is 5.94. The third-order valence-corrected chi connectivity index (χ3v) is 3.32. The summed E-state index contributed by atoms with van der Waals surface area (Å²) in [6.45, 7) is 2.77. The van der Waals surface area contributed by atoms with Crippen molar-refractivity contribution >= 4 is 22.6 Å². The number of imidazole rings is 1. The Morgan fingerprint density at radius 1 is 1.29 bits per heavy atom. The van der Waals surface area contributed by atoms with Gasteiger partial charge in [-0.2, -0.15) is 10.1 Å². The molecule has 0 aliphatic rings. The fourth-order valence-corrected chi connectivity index (χ4v) is 2.41. The fourth-order valence-electron chi connectivity index (χ4n) is 2.41. The van der Waals surface area contributed by atoms with E-state index in [1.807, 2.05) is 35.7 Å². The largest absolute Gasteiger partial charge is 0.354 e. The van der Waals surface area contributed by atoms with Crippen LogP contribution in [0.25, 0.3) is 28.1 Å². The van der Waals surface area contributed by atoms with Crippen LogP contribution >= 0.6 is 0 Å². The minimum atomic E-state index is 0.585. The molecular weight excluding hydrogens is 266 g/mol. The standard InChI is InChI=1S/C14H13N7/c1-2-15-14-18-12(9-8-17-20-13(9)19-14)10-4-3-5-11-16-6-7-21(10)11/h3-8H,2H2,1H3,(H2,15,17,18,19,20). The molecule has 4 aromatic heterocycles. The molecule has 0 amide bonds. The van der Waals surface area contributed by atoms with Gasteiger partial charge in [-0.25, -0.2) is 9.97 Å². The van der Waals surface area contributed by atoms with Crippen molar-refractivity contribution in [2.24, 2.45) is 0 Å². The number of hydrogen-bond acceptors (Lipinski definition) is 5. The summed E-state index contributed by atoms with van der Waals surface area (Å²) in [5.74, 6) is 0.585. The van der Waals surface area contributed by atoms with Crippen molar-refractivity contribution in [2.75, 3.05) is 11.9 Å². The first-order valence-corrected chi connectivity index (χ1v) is 6.74. The van der Waals surface area contributed by atoms with Gasteiger partial charge in [-0.3, -0.25) is 9.50 Å². The van der Waals surface area contributed by atoms with Crippen molar-refractivity contribution < 1.29 is 0 Å². The predicted octanol–water partition coefficient (Wildman–Crippen LogP) is 2.10. The molecule has 0 saturated carbocycles. The van der Waals surface area contributed by atoms with E-state index < -0.39 is 0 Å². The summed E-state index contributed by atoms with van der Waals surface area (Å²) in [5.41, 5.74) is 3.38. The third-order valence-electron chi connectivity index (χ3n) is 3.32. The van der Waals surface area contributed by atoms with Gasteiger partial charge < -0.3 is 5.32 Å². The lowest BCUT2D eigenvalue weighted by atomic mass is 10.2. The highest BCUT2D eigenvalue weighted by Crippen LogP contribution is 2.26. The summed E-state index contributed by atoms with van der Waals surface area (Å²) in [4.78, 5) is 13.4. The van der Waals surface area contributed by atoms with Crippen molar-refractivity contribution in [3.05, 3.63) is 36.8 Å². The number of aromatic nitrogens is 6. The number of anilines is 1. The first-order valence-electron chi connectivity index (χ1n) is 6.74. The lowest BCUT2D eigenvalue weighted by Crippen LogP contribution is -2.04. The summed E-state index contributed by atoms with van der Waals surface area (Å²) in [5, 5.41) is 11.0. The normalized spacial score (nSPS) is 11.3. The highest BCUT2D eigenvalue weighted by atomic mass is 15.2. The van der Waals surface area contributed by atoms with E-state index in [4.69, 9.17) is 0 Å². The van der Waals surface area contributed by atoms with Crippen LogP contribution in [0.15, 0.2) is 36.8 Å². The van der Waals surface area contributed by atoms with Gasteiger partial charge in [0.1, 0.15) is 11.3 Å². The van der Waals surface area contributed by atoms with Crippen LogP contribution < -0.4 is 5.32 Å². The zero-order valence-corrected chi connectivity index (χ0v) is 11.4. The zero-order chi connectivity index (χ0) is 14.2. The van der Waals surface area contributed by atoms with Crippen LogP contribution in [0.4, 0.5) is 5.95 Å². The van der Waals surface area contributed by atoms with E-state index in [0.717, 1.165) is 29.0 Å². The van der Waals surface area contributed by atoms with Crippen LogP contribution in [-0.4, -0.2) is 36.1 Å². The number of nitrogens with zero attached hydrogens (tertiary/aromatic N) is 5. The number of fused-ring (bicyclic) bond motifs is 2. The van der Waals surface area contributed by atoms with Crippen molar-refractivity contribution in [1.29, 1.82) is 0 Å². The topological polar surface area (TPSA) is 83.8 Å². The van der Waals surface area contributed by atoms with Crippen LogP contribution in [0.1, 0.15) is 6.92 Å². The number of pyridine rings is 1. The Morgan fingerprint density at radius 3 is 3.14 bits per heavy atom. The van der Waals surface area contributed by atoms with Crippen molar-refractivity contribution in [2.45, 2.75) is 6.92 Å². The van der Waals surface area contributed by atoms with Crippen LogP contribution in [-0.2, 0) is 0 Å². The monoisotopic (exact) mass is 279 g/mol. The Bertz CT molecular complexity index is 921. The molecule has 4 heterocycles. The van der Waals surface area contributed by atoms with Crippen LogP contribution in [0.5, 0.6) is 0 Å². The molecule has 2 N–H and O–H groups in total. The molecule has 21 heavy (non-hydrogen) atoms. The average molecular weight is 279 g/mol. The Labute approximate surface area is 120 Å². The third kappa shape index (κ3) is 1.82. The number of rotatable bonds is 3. The number of H-pyrrole nitrogens is 1. The summed E-state index contributed by atoms with van der Waals surface area (Å²) < 4.78 is 2.00. The van der Waals surface area contributed by atoms with E-state index in [1.165, 1.54) is 0 Å². The molecule has 0 spiro atoms. The van der Waals surface area contributed by atoms with Crippen LogP contribution in [0.2, 0.25) is 0 Å². The molecule has 4 aromatic rings. The van der Waals surface area contributed by atoms with Gasteiger partial charge in [-0.05, 0) is 19.1 Å². The highest BCUT2D eigenvalue weighted by Gasteiger charge is 2.13. The van der Waals surface area contributed by atoms with Gasteiger partial charge in [-0.15, -0.1) is 0 Å². The minimum absolute atomic E-state index is 0.585. The molecule has 0 aliphatic carbocycles. The van der Waals surface area contributed by atoms with Gasteiger partial charge in [0.15, 0.2) is 5.65 Å². The van der Waals surface area contributed by atoms with Crippen molar-refractivity contribution in [1.82, 2.24) is 29.5 Å².